The molecule has 10 nitrogen and oxygen atoms in total. The highest BCUT2D eigenvalue weighted by Gasteiger charge is 2.58. The number of hydrogen-bond donors (Lipinski definition) is 1. The Morgan fingerprint density at radius 3 is 2.63 bits per heavy atom. The molecule has 200 valence electrons. The minimum atomic E-state index is -0.871. The summed E-state index contributed by atoms with van der Waals surface area (Å²) in [6.07, 6.45) is 7.05. The van der Waals surface area contributed by atoms with E-state index < -0.39 is 17.1 Å². The fourth-order valence-corrected chi connectivity index (χ4v) is 6.47. The van der Waals surface area contributed by atoms with Crippen LogP contribution in [0.25, 0.3) is 0 Å². The Bertz CT molecular complexity index is 1280. The number of hydrogen-bond acceptors (Lipinski definition) is 7. The van der Waals surface area contributed by atoms with Crippen LogP contribution in [-0.4, -0.2) is 81.6 Å². The maximum absolute atomic E-state index is 13.8. The van der Waals surface area contributed by atoms with Gasteiger partial charge >= 0.3 is 12.1 Å². The molecule has 3 aliphatic heterocycles. The van der Waals surface area contributed by atoms with Gasteiger partial charge in [0.05, 0.1) is 23.6 Å². The van der Waals surface area contributed by atoms with Crippen molar-refractivity contribution in [2.75, 3.05) is 37.6 Å². The number of carbonyl (C=O) groups excluding carboxylic acids is 2. The average molecular weight is 520 g/mol. The van der Waals surface area contributed by atoms with Crippen LogP contribution in [0.15, 0.2) is 36.8 Å². The molecule has 38 heavy (non-hydrogen) atoms. The standard InChI is InChI=1S/C28H33N5O5/c1-18(2)13-20-16-31(11-12-33(20)26(36)37)23-4-3-19(14-30-23)27(6-7-27)25(35)32-10-8-28(17-32)22-5-9-29-15-21(22)24(34)38-28/h3-5,9,14-15,18,20H,6-8,10-13,16-17H2,1-2H3,(H,36,37). The van der Waals surface area contributed by atoms with Crippen LogP contribution >= 0.6 is 0 Å². The highest BCUT2D eigenvalue weighted by atomic mass is 16.6. The minimum Gasteiger partial charge on any atom is -0.465 e. The molecular formula is C28H33N5O5. The van der Waals surface area contributed by atoms with E-state index in [4.69, 9.17) is 9.72 Å². The predicted molar refractivity (Wildman–Crippen MR) is 138 cm³/mol. The van der Waals surface area contributed by atoms with Crippen molar-refractivity contribution >= 4 is 23.8 Å². The Labute approximate surface area is 221 Å². The summed E-state index contributed by atoms with van der Waals surface area (Å²) < 4.78 is 5.81. The van der Waals surface area contributed by atoms with Crippen LogP contribution in [0.2, 0.25) is 0 Å². The fourth-order valence-electron chi connectivity index (χ4n) is 6.47. The molecule has 2 aromatic rings. The number of anilines is 1. The number of rotatable bonds is 5. The van der Waals surface area contributed by atoms with Crippen LogP contribution < -0.4 is 4.90 Å². The van der Waals surface area contributed by atoms with Gasteiger partial charge in [0.1, 0.15) is 5.82 Å². The third kappa shape index (κ3) is 3.97. The summed E-state index contributed by atoms with van der Waals surface area (Å²) in [5, 5.41) is 9.61. The summed E-state index contributed by atoms with van der Waals surface area (Å²) in [7, 11) is 0. The van der Waals surface area contributed by atoms with E-state index in [1.165, 1.54) is 0 Å². The number of likely N-dealkylation sites (tertiary alicyclic amines) is 1. The summed E-state index contributed by atoms with van der Waals surface area (Å²) in [6, 6.07) is 5.70. The second-order valence-electron chi connectivity index (χ2n) is 11.5. The molecule has 2 unspecified atom stereocenters. The molecule has 10 heteroatoms. The number of fused-ring (bicyclic) bond motifs is 2. The molecule has 1 aliphatic carbocycles. The van der Waals surface area contributed by atoms with E-state index in [-0.39, 0.29) is 17.9 Å². The molecule has 2 aromatic heterocycles. The normalized spacial score (nSPS) is 25.6. The minimum absolute atomic E-state index is 0.0644. The first-order valence-corrected chi connectivity index (χ1v) is 13.4. The third-order valence-electron chi connectivity index (χ3n) is 8.59. The molecule has 2 amide bonds. The number of amides is 2. The lowest BCUT2D eigenvalue weighted by atomic mass is 9.92. The second-order valence-corrected chi connectivity index (χ2v) is 11.5. The number of ether oxygens (including phenoxy) is 1. The van der Waals surface area contributed by atoms with Crippen molar-refractivity contribution in [2.45, 2.75) is 56.6 Å². The molecule has 0 bridgehead atoms. The third-order valence-corrected chi connectivity index (χ3v) is 8.59. The quantitative estimate of drug-likeness (QED) is 0.600. The van der Waals surface area contributed by atoms with E-state index in [1.54, 1.807) is 17.3 Å². The van der Waals surface area contributed by atoms with Crippen LogP contribution in [0.1, 0.15) is 61.0 Å². The van der Waals surface area contributed by atoms with Gasteiger partial charge in [0, 0.05) is 56.8 Å². The summed E-state index contributed by atoms with van der Waals surface area (Å²) in [5.74, 6) is 0.886. The highest BCUT2D eigenvalue weighted by molar-refractivity contribution is 5.95. The van der Waals surface area contributed by atoms with Crippen molar-refractivity contribution in [3.05, 3.63) is 53.5 Å². The Morgan fingerprint density at radius 1 is 1.13 bits per heavy atom. The molecule has 1 saturated carbocycles. The number of nitrogens with zero attached hydrogens (tertiary/aromatic N) is 5. The molecule has 6 rings (SSSR count). The van der Waals surface area contributed by atoms with Gasteiger partial charge in [-0.1, -0.05) is 19.9 Å². The van der Waals surface area contributed by atoms with E-state index >= 15 is 0 Å². The highest BCUT2D eigenvalue weighted by Crippen LogP contribution is 2.52. The van der Waals surface area contributed by atoms with Crippen LogP contribution in [0.3, 0.4) is 0 Å². The topological polar surface area (TPSA) is 116 Å². The van der Waals surface area contributed by atoms with Crippen LogP contribution in [0.5, 0.6) is 0 Å². The van der Waals surface area contributed by atoms with E-state index in [1.807, 2.05) is 29.3 Å². The van der Waals surface area contributed by atoms with E-state index in [0.29, 0.717) is 50.6 Å². The molecule has 3 fully saturated rings. The van der Waals surface area contributed by atoms with Crippen molar-refractivity contribution in [3.63, 3.8) is 0 Å². The second kappa shape index (κ2) is 8.96. The predicted octanol–water partition coefficient (Wildman–Crippen LogP) is 3.02. The Hall–Kier alpha value is -3.69. The van der Waals surface area contributed by atoms with Gasteiger partial charge in [0.25, 0.3) is 0 Å². The van der Waals surface area contributed by atoms with Crippen LogP contribution in [0, 0.1) is 5.92 Å². The Balaban J connectivity index is 1.16. The summed E-state index contributed by atoms with van der Waals surface area (Å²) >= 11 is 0. The zero-order valence-corrected chi connectivity index (χ0v) is 21.8. The molecule has 4 aliphatic rings. The number of pyridine rings is 2. The van der Waals surface area contributed by atoms with Gasteiger partial charge in [-0.25, -0.2) is 14.6 Å². The fraction of sp³-hybridized carbons (Fsp3) is 0.536. The lowest BCUT2D eigenvalue weighted by Gasteiger charge is -2.41. The molecular weight excluding hydrogens is 486 g/mol. The van der Waals surface area contributed by atoms with Crippen LogP contribution in [0.4, 0.5) is 10.6 Å². The molecule has 1 spiro atoms. The van der Waals surface area contributed by atoms with E-state index in [0.717, 1.165) is 36.2 Å². The molecule has 5 heterocycles. The average Bonchev–Trinajstić information content (AvgIpc) is 3.54. The maximum Gasteiger partial charge on any atom is 0.407 e. The molecule has 0 aromatic carbocycles. The first-order chi connectivity index (χ1) is 18.2. The molecule has 2 saturated heterocycles. The molecule has 2 atom stereocenters. The van der Waals surface area contributed by atoms with Crippen molar-refractivity contribution in [2.24, 2.45) is 5.92 Å². The first kappa shape index (κ1) is 24.6. The number of piperazine rings is 1. The van der Waals surface area contributed by atoms with Gasteiger partial charge in [-0.05, 0) is 42.9 Å². The van der Waals surface area contributed by atoms with Gasteiger partial charge in [-0.2, -0.15) is 0 Å². The number of esters is 1. The van der Waals surface area contributed by atoms with Crippen LogP contribution in [-0.2, 0) is 20.5 Å². The SMILES string of the molecule is CC(C)CC1CN(c2ccc(C3(C(=O)N4CCC5(C4)OC(=O)c4cnccc45)CC3)cn2)CCN1C(=O)O. The van der Waals surface area contributed by atoms with Gasteiger partial charge in [0.15, 0.2) is 5.60 Å². The van der Waals surface area contributed by atoms with E-state index in [2.05, 4.69) is 23.7 Å². The zero-order chi connectivity index (χ0) is 26.7. The van der Waals surface area contributed by atoms with Gasteiger partial charge in [-0.3, -0.25) is 9.78 Å². The van der Waals surface area contributed by atoms with Gasteiger partial charge in [-0.15, -0.1) is 0 Å². The molecule has 0 radical (unpaired) electrons. The van der Waals surface area contributed by atoms with Crippen molar-refractivity contribution < 1.29 is 24.2 Å². The largest absolute Gasteiger partial charge is 0.465 e. The summed E-state index contributed by atoms with van der Waals surface area (Å²) in [5.41, 5.74) is 0.852. The zero-order valence-electron chi connectivity index (χ0n) is 21.8. The Kier molecular flexibility index (Phi) is 5.81. The van der Waals surface area contributed by atoms with Gasteiger partial charge in [0.2, 0.25) is 5.91 Å². The van der Waals surface area contributed by atoms with Crippen molar-refractivity contribution in [1.82, 2.24) is 19.8 Å². The lowest BCUT2D eigenvalue weighted by Crippen LogP contribution is -2.55. The smallest absolute Gasteiger partial charge is 0.407 e. The van der Waals surface area contributed by atoms with E-state index in [9.17, 15) is 19.5 Å². The summed E-state index contributed by atoms with van der Waals surface area (Å²) in [6.45, 7) is 6.73. The summed E-state index contributed by atoms with van der Waals surface area (Å²) in [4.78, 5) is 52.2. The lowest BCUT2D eigenvalue weighted by molar-refractivity contribution is -0.134. The number of carbonyl (C=O) groups is 3. The first-order valence-electron chi connectivity index (χ1n) is 13.4. The van der Waals surface area contributed by atoms with Gasteiger partial charge < -0.3 is 24.5 Å². The maximum atomic E-state index is 13.8. The number of aromatic nitrogens is 2. The monoisotopic (exact) mass is 519 g/mol. The molecule has 1 N–H and O–H groups in total. The Morgan fingerprint density at radius 2 is 1.95 bits per heavy atom. The number of carboxylic acid groups (broad SMARTS) is 1. The van der Waals surface area contributed by atoms with Crippen molar-refractivity contribution in [1.29, 1.82) is 0 Å². The van der Waals surface area contributed by atoms with Crippen molar-refractivity contribution in [3.8, 4) is 0 Å².